The molecule has 2 rings (SSSR count). The van der Waals surface area contributed by atoms with Crippen LogP contribution in [0, 0.1) is 0 Å². The van der Waals surface area contributed by atoms with E-state index in [1.165, 1.54) is 0 Å². The molecule has 2 nitrogen and oxygen atoms in total. The van der Waals surface area contributed by atoms with Crippen molar-refractivity contribution in [2.45, 2.75) is 19.4 Å². The maximum absolute atomic E-state index is 5.91. The van der Waals surface area contributed by atoms with E-state index in [1.807, 2.05) is 18.2 Å². The fraction of sp³-hybridized carbons (Fsp3) is 0.273. The van der Waals surface area contributed by atoms with E-state index in [2.05, 4.69) is 13.0 Å². The fourth-order valence-corrected chi connectivity index (χ4v) is 1.44. The summed E-state index contributed by atoms with van der Waals surface area (Å²) in [5.41, 5.74) is 7.97. The van der Waals surface area contributed by atoms with Crippen molar-refractivity contribution in [2.24, 2.45) is 5.73 Å². The molecule has 0 aliphatic carbocycles. The van der Waals surface area contributed by atoms with Gasteiger partial charge in [0.2, 0.25) is 0 Å². The van der Waals surface area contributed by atoms with E-state index >= 15 is 0 Å². The molecule has 0 fully saturated rings. The van der Waals surface area contributed by atoms with E-state index in [-0.39, 0.29) is 6.04 Å². The predicted molar refractivity (Wildman–Crippen MR) is 53.4 cm³/mol. The number of benzene rings is 1. The zero-order valence-corrected chi connectivity index (χ0v) is 7.66. The number of hydrogen-bond donors (Lipinski definition) is 1. The minimum atomic E-state index is 0.120. The van der Waals surface area contributed by atoms with Crippen LogP contribution in [0.15, 0.2) is 34.9 Å². The molecule has 2 N–H and O–H groups in total. The van der Waals surface area contributed by atoms with Gasteiger partial charge in [0.05, 0.1) is 6.26 Å². The summed E-state index contributed by atoms with van der Waals surface area (Å²) in [5.74, 6) is 0. The molecule has 0 aliphatic rings. The lowest BCUT2D eigenvalue weighted by Gasteiger charge is -2.07. The molecule has 2 heteroatoms. The maximum atomic E-state index is 5.91. The molecular weight excluding hydrogens is 162 g/mol. The Labute approximate surface area is 77.3 Å². The molecule has 1 heterocycles. The van der Waals surface area contributed by atoms with Crippen LogP contribution in [0.5, 0.6) is 0 Å². The molecule has 68 valence electrons. The van der Waals surface area contributed by atoms with E-state index in [9.17, 15) is 0 Å². The van der Waals surface area contributed by atoms with Gasteiger partial charge >= 0.3 is 0 Å². The summed E-state index contributed by atoms with van der Waals surface area (Å²) in [6, 6.07) is 8.20. The molecule has 0 saturated heterocycles. The lowest BCUT2D eigenvalue weighted by Crippen LogP contribution is -2.07. The second-order valence-corrected chi connectivity index (χ2v) is 3.23. The largest absolute Gasteiger partial charge is 0.464 e. The maximum Gasteiger partial charge on any atom is 0.134 e. The van der Waals surface area contributed by atoms with Crippen LogP contribution in [0.25, 0.3) is 11.0 Å². The molecule has 1 unspecified atom stereocenters. The van der Waals surface area contributed by atoms with E-state index in [0.717, 1.165) is 23.0 Å². The molecule has 1 atom stereocenters. The van der Waals surface area contributed by atoms with Gasteiger partial charge in [-0.15, -0.1) is 0 Å². The van der Waals surface area contributed by atoms with Crippen molar-refractivity contribution in [3.63, 3.8) is 0 Å². The summed E-state index contributed by atoms with van der Waals surface area (Å²) in [5, 5.41) is 1.13. The first-order valence-electron chi connectivity index (χ1n) is 4.54. The second kappa shape index (κ2) is 3.23. The van der Waals surface area contributed by atoms with E-state index < -0.39 is 0 Å². The molecule has 0 saturated carbocycles. The Morgan fingerprint density at radius 1 is 1.38 bits per heavy atom. The zero-order valence-electron chi connectivity index (χ0n) is 7.66. The molecule has 0 bridgehead atoms. The molecule has 2 aromatic rings. The van der Waals surface area contributed by atoms with Crippen molar-refractivity contribution in [2.75, 3.05) is 0 Å². The van der Waals surface area contributed by atoms with Gasteiger partial charge in [0.1, 0.15) is 5.58 Å². The Bertz CT molecular complexity index is 405. The Kier molecular flexibility index (Phi) is 2.07. The number of nitrogens with two attached hydrogens (primary N) is 1. The van der Waals surface area contributed by atoms with E-state index in [4.69, 9.17) is 10.2 Å². The van der Waals surface area contributed by atoms with Crippen molar-refractivity contribution in [1.82, 2.24) is 0 Å². The summed E-state index contributed by atoms with van der Waals surface area (Å²) in [6.07, 6.45) is 2.65. The Balaban J connectivity index is 2.48. The highest BCUT2D eigenvalue weighted by atomic mass is 16.3. The van der Waals surface area contributed by atoms with Crippen molar-refractivity contribution in [1.29, 1.82) is 0 Å². The van der Waals surface area contributed by atoms with Crippen LogP contribution in [0.2, 0.25) is 0 Å². The smallest absolute Gasteiger partial charge is 0.134 e. The van der Waals surface area contributed by atoms with Gasteiger partial charge in [0.15, 0.2) is 0 Å². The number of fused-ring (bicyclic) bond motifs is 1. The summed E-state index contributed by atoms with van der Waals surface area (Å²) in [4.78, 5) is 0. The SMILES string of the molecule is CCC(N)c1ccc2ccoc2c1. The topological polar surface area (TPSA) is 39.2 Å². The van der Waals surface area contributed by atoms with Gasteiger partial charge in [-0.25, -0.2) is 0 Å². The van der Waals surface area contributed by atoms with Gasteiger partial charge in [-0.05, 0) is 24.1 Å². The highest BCUT2D eigenvalue weighted by molar-refractivity contribution is 5.77. The monoisotopic (exact) mass is 175 g/mol. The van der Waals surface area contributed by atoms with Crippen LogP contribution in [-0.4, -0.2) is 0 Å². The van der Waals surface area contributed by atoms with Crippen LogP contribution in [0.3, 0.4) is 0 Å². The highest BCUT2D eigenvalue weighted by Crippen LogP contribution is 2.21. The van der Waals surface area contributed by atoms with Crippen molar-refractivity contribution >= 4 is 11.0 Å². The molecule has 0 amide bonds. The van der Waals surface area contributed by atoms with Crippen LogP contribution in [0.1, 0.15) is 24.9 Å². The molecule has 13 heavy (non-hydrogen) atoms. The van der Waals surface area contributed by atoms with Crippen molar-refractivity contribution in [3.05, 3.63) is 36.1 Å². The standard InChI is InChI=1S/C11H13NO/c1-2-10(12)9-4-3-8-5-6-13-11(8)7-9/h3-7,10H,2,12H2,1H3. The van der Waals surface area contributed by atoms with Crippen molar-refractivity contribution < 1.29 is 4.42 Å². The normalized spacial score (nSPS) is 13.4. The lowest BCUT2D eigenvalue weighted by molar-refractivity contribution is 0.613. The van der Waals surface area contributed by atoms with Crippen molar-refractivity contribution in [3.8, 4) is 0 Å². The second-order valence-electron chi connectivity index (χ2n) is 3.23. The Morgan fingerprint density at radius 3 is 3.00 bits per heavy atom. The lowest BCUT2D eigenvalue weighted by atomic mass is 10.0. The highest BCUT2D eigenvalue weighted by Gasteiger charge is 2.04. The average Bonchev–Trinajstić information content (AvgIpc) is 2.63. The molecule has 0 spiro atoms. The fourth-order valence-electron chi connectivity index (χ4n) is 1.44. The zero-order chi connectivity index (χ0) is 9.26. The van der Waals surface area contributed by atoms with Crippen LogP contribution >= 0.6 is 0 Å². The molecule has 1 aromatic heterocycles. The third-order valence-corrected chi connectivity index (χ3v) is 2.35. The summed E-state index contributed by atoms with van der Waals surface area (Å²) in [6.45, 7) is 2.08. The third kappa shape index (κ3) is 1.45. The van der Waals surface area contributed by atoms with E-state index in [1.54, 1.807) is 6.26 Å². The van der Waals surface area contributed by atoms with Crippen LogP contribution < -0.4 is 5.73 Å². The average molecular weight is 175 g/mol. The van der Waals surface area contributed by atoms with Gasteiger partial charge in [-0.1, -0.05) is 19.1 Å². The van der Waals surface area contributed by atoms with Gasteiger partial charge in [-0.3, -0.25) is 0 Å². The van der Waals surface area contributed by atoms with Crippen LogP contribution in [0.4, 0.5) is 0 Å². The summed E-state index contributed by atoms with van der Waals surface area (Å²) < 4.78 is 5.30. The van der Waals surface area contributed by atoms with Gasteiger partial charge in [-0.2, -0.15) is 0 Å². The molecule has 0 radical (unpaired) electrons. The Morgan fingerprint density at radius 2 is 2.23 bits per heavy atom. The molecular formula is C11H13NO. The third-order valence-electron chi connectivity index (χ3n) is 2.35. The van der Waals surface area contributed by atoms with E-state index in [0.29, 0.717) is 0 Å². The minimum absolute atomic E-state index is 0.120. The number of rotatable bonds is 2. The number of hydrogen-bond acceptors (Lipinski definition) is 2. The summed E-state index contributed by atoms with van der Waals surface area (Å²) in [7, 11) is 0. The van der Waals surface area contributed by atoms with Gasteiger partial charge in [0.25, 0.3) is 0 Å². The van der Waals surface area contributed by atoms with Gasteiger partial charge < -0.3 is 10.2 Å². The first-order valence-corrected chi connectivity index (χ1v) is 4.54. The minimum Gasteiger partial charge on any atom is -0.464 e. The first-order chi connectivity index (χ1) is 6.31. The molecule has 0 aliphatic heterocycles. The first kappa shape index (κ1) is 8.32. The number of furan rings is 1. The Hall–Kier alpha value is -1.28. The molecule has 1 aromatic carbocycles. The predicted octanol–water partition coefficient (Wildman–Crippen LogP) is 2.84. The van der Waals surface area contributed by atoms with Gasteiger partial charge in [0, 0.05) is 11.4 Å². The quantitative estimate of drug-likeness (QED) is 0.762. The van der Waals surface area contributed by atoms with Crippen LogP contribution in [-0.2, 0) is 0 Å². The summed E-state index contributed by atoms with van der Waals surface area (Å²) >= 11 is 0.